The molecular weight excluding hydrogens is 571 g/mol. The number of hydrogen-bond donors (Lipinski definition) is 1. The molecule has 3 aromatic rings. The van der Waals surface area contributed by atoms with Crippen molar-refractivity contribution in [2.75, 3.05) is 17.7 Å². The van der Waals surface area contributed by atoms with Crippen LogP contribution in [0.5, 0.6) is 5.75 Å². The average molecular weight is 591 g/mol. The number of hydrogen-bond acceptors (Lipinski definition) is 5. The molecular formula is C22H20BrCl3N4O2S. The zero-order valence-electron chi connectivity index (χ0n) is 17.4. The van der Waals surface area contributed by atoms with Crippen LogP contribution in [0, 0.1) is 0 Å². The van der Waals surface area contributed by atoms with Crippen molar-refractivity contribution in [2.45, 2.75) is 24.5 Å². The second kappa shape index (κ2) is 12.7. The van der Waals surface area contributed by atoms with Crippen molar-refractivity contribution in [3.05, 3.63) is 74.4 Å². The average Bonchev–Trinajstić information content (AvgIpc) is 3.15. The summed E-state index contributed by atoms with van der Waals surface area (Å²) in [5.74, 6) is 1.48. The van der Waals surface area contributed by atoms with Gasteiger partial charge in [0.25, 0.3) is 0 Å². The fourth-order valence-electron chi connectivity index (χ4n) is 2.84. The highest BCUT2D eigenvalue weighted by molar-refractivity contribution is 9.10. The third kappa shape index (κ3) is 7.65. The van der Waals surface area contributed by atoms with Gasteiger partial charge in [-0.1, -0.05) is 52.6 Å². The highest BCUT2D eigenvalue weighted by atomic mass is 79.9. The minimum absolute atomic E-state index is 0.155. The Morgan fingerprint density at radius 1 is 1.18 bits per heavy atom. The van der Waals surface area contributed by atoms with E-state index in [1.54, 1.807) is 36.4 Å². The van der Waals surface area contributed by atoms with Crippen LogP contribution in [0.4, 0.5) is 5.69 Å². The molecule has 2 aromatic carbocycles. The summed E-state index contributed by atoms with van der Waals surface area (Å²) in [4.78, 5) is 12.4. The predicted octanol–water partition coefficient (Wildman–Crippen LogP) is 6.93. The first-order valence-corrected chi connectivity index (χ1v) is 12.8. The van der Waals surface area contributed by atoms with E-state index in [1.165, 1.54) is 11.8 Å². The molecule has 11 heteroatoms. The van der Waals surface area contributed by atoms with Crippen molar-refractivity contribution in [3.8, 4) is 5.75 Å². The molecule has 0 aliphatic rings. The maximum absolute atomic E-state index is 12.4. The first-order chi connectivity index (χ1) is 15.9. The molecule has 1 heterocycles. The lowest BCUT2D eigenvalue weighted by molar-refractivity contribution is -0.113. The van der Waals surface area contributed by atoms with Gasteiger partial charge in [-0.25, -0.2) is 0 Å². The first kappa shape index (κ1) is 25.9. The number of rotatable bonds is 11. The molecule has 1 N–H and O–H groups in total. The Hall–Kier alpha value is -1.71. The number of anilines is 1. The van der Waals surface area contributed by atoms with E-state index in [1.807, 2.05) is 10.6 Å². The van der Waals surface area contributed by atoms with Gasteiger partial charge in [0.15, 0.2) is 5.16 Å². The number of aromatic nitrogens is 3. The van der Waals surface area contributed by atoms with Crippen molar-refractivity contribution >= 4 is 74.1 Å². The molecule has 0 saturated heterocycles. The maximum atomic E-state index is 12.4. The minimum atomic E-state index is -0.208. The van der Waals surface area contributed by atoms with Crippen LogP contribution in [-0.2, 0) is 17.8 Å². The Morgan fingerprint density at radius 3 is 2.67 bits per heavy atom. The van der Waals surface area contributed by atoms with Gasteiger partial charge < -0.3 is 14.6 Å². The van der Waals surface area contributed by atoms with Crippen molar-refractivity contribution in [3.63, 3.8) is 0 Å². The van der Waals surface area contributed by atoms with Gasteiger partial charge in [0.05, 0.1) is 27.5 Å². The Balaban J connectivity index is 1.53. The number of thioether (sulfide) groups is 1. The molecule has 0 spiro atoms. The van der Waals surface area contributed by atoms with Crippen LogP contribution in [0.15, 0.2) is 58.7 Å². The lowest BCUT2D eigenvalue weighted by Crippen LogP contribution is -2.15. The predicted molar refractivity (Wildman–Crippen MR) is 139 cm³/mol. The number of amides is 1. The van der Waals surface area contributed by atoms with Gasteiger partial charge in [0, 0.05) is 23.0 Å². The largest absolute Gasteiger partial charge is 0.492 e. The summed E-state index contributed by atoms with van der Waals surface area (Å²) in [6, 6.07) is 10.3. The van der Waals surface area contributed by atoms with E-state index in [9.17, 15) is 4.79 Å². The number of aryl methyl sites for hydroxylation is 1. The van der Waals surface area contributed by atoms with E-state index in [2.05, 4.69) is 38.0 Å². The van der Waals surface area contributed by atoms with E-state index in [0.29, 0.717) is 45.5 Å². The molecule has 0 radical (unpaired) electrons. The van der Waals surface area contributed by atoms with E-state index < -0.39 is 0 Å². The van der Waals surface area contributed by atoms with Crippen LogP contribution in [0.2, 0.25) is 15.1 Å². The lowest BCUT2D eigenvalue weighted by atomic mass is 10.3. The third-order valence-corrected chi connectivity index (χ3v) is 6.71. The van der Waals surface area contributed by atoms with E-state index in [-0.39, 0.29) is 11.7 Å². The second-order valence-electron chi connectivity index (χ2n) is 6.79. The highest BCUT2D eigenvalue weighted by Gasteiger charge is 2.14. The molecule has 0 bridgehead atoms. The number of allylic oxidation sites excluding steroid dienone is 1. The van der Waals surface area contributed by atoms with Crippen LogP contribution in [-0.4, -0.2) is 33.0 Å². The summed E-state index contributed by atoms with van der Waals surface area (Å²) in [5, 5.41) is 13.5. The molecule has 0 saturated carbocycles. The summed E-state index contributed by atoms with van der Waals surface area (Å²) >= 11 is 22.7. The number of carbonyl (C=O) groups is 1. The van der Waals surface area contributed by atoms with Gasteiger partial charge in [0.2, 0.25) is 5.91 Å². The number of carbonyl (C=O) groups excluding carboxylic acids is 1. The Kier molecular flexibility index (Phi) is 9.94. The van der Waals surface area contributed by atoms with Gasteiger partial charge in [0.1, 0.15) is 11.6 Å². The Morgan fingerprint density at radius 2 is 1.94 bits per heavy atom. The van der Waals surface area contributed by atoms with Crippen LogP contribution in [0.3, 0.4) is 0 Å². The third-order valence-electron chi connectivity index (χ3n) is 4.34. The van der Waals surface area contributed by atoms with E-state index in [0.717, 1.165) is 22.5 Å². The fraction of sp³-hybridized carbons (Fsp3) is 0.227. The molecule has 0 unspecified atom stereocenters. The Labute approximate surface area is 219 Å². The molecule has 0 atom stereocenters. The summed E-state index contributed by atoms with van der Waals surface area (Å²) in [6.07, 6.45) is 3.18. The highest BCUT2D eigenvalue weighted by Crippen LogP contribution is 2.28. The molecule has 0 aliphatic heterocycles. The summed E-state index contributed by atoms with van der Waals surface area (Å²) in [7, 11) is 0. The van der Waals surface area contributed by atoms with Gasteiger partial charge in [-0.3, -0.25) is 4.79 Å². The van der Waals surface area contributed by atoms with Crippen molar-refractivity contribution < 1.29 is 9.53 Å². The molecule has 33 heavy (non-hydrogen) atoms. The van der Waals surface area contributed by atoms with Crippen LogP contribution in [0.1, 0.15) is 12.2 Å². The minimum Gasteiger partial charge on any atom is -0.492 e. The lowest BCUT2D eigenvalue weighted by Gasteiger charge is -2.10. The topological polar surface area (TPSA) is 69.0 Å². The van der Waals surface area contributed by atoms with Gasteiger partial charge in [-0.15, -0.1) is 16.8 Å². The van der Waals surface area contributed by atoms with Gasteiger partial charge >= 0.3 is 0 Å². The summed E-state index contributed by atoms with van der Waals surface area (Å²) < 4.78 is 8.56. The number of benzene rings is 2. The maximum Gasteiger partial charge on any atom is 0.234 e. The quantitative estimate of drug-likeness (QED) is 0.149. The van der Waals surface area contributed by atoms with Crippen molar-refractivity contribution in [1.82, 2.24) is 14.8 Å². The van der Waals surface area contributed by atoms with Crippen molar-refractivity contribution in [1.29, 1.82) is 0 Å². The molecule has 174 valence electrons. The summed E-state index contributed by atoms with van der Waals surface area (Å²) in [5.41, 5.74) is 0.507. The second-order valence-corrected chi connectivity index (χ2v) is 9.86. The molecule has 1 amide bonds. The SMILES string of the molecule is C=CCn1c(CCCOc2ccc(Cl)cc2Br)nnc1SCC(=O)Nc1ccc(Cl)cc1Cl. The monoisotopic (exact) mass is 588 g/mol. The zero-order chi connectivity index (χ0) is 23.8. The smallest absolute Gasteiger partial charge is 0.234 e. The van der Waals surface area contributed by atoms with E-state index >= 15 is 0 Å². The van der Waals surface area contributed by atoms with E-state index in [4.69, 9.17) is 39.5 Å². The van der Waals surface area contributed by atoms with Crippen LogP contribution >= 0.6 is 62.5 Å². The number of nitrogens with zero attached hydrogens (tertiary/aromatic N) is 3. The molecule has 6 nitrogen and oxygen atoms in total. The molecule has 1 aromatic heterocycles. The number of nitrogens with one attached hydrogen (secondary N) is 1. The van der Waals surface area contributed by atoms with Crippen LogP contribution < -0.4 is 10.1 Å². The van der Waals surface area contributed by atoms with Gasteiger partial charge in [-0.05, 0) is 58.7 Å². The molecule has 0 aliphatic carbocycles. The number of ether oxygens (including phenoxy) is 1. The zero-order valence-corrected chi connectivity index (χ0v) is 22.0. The first-order valence-electron chi connectivity index (χ1n) is 9.86. The standard InChI is InChI=1S/C22H20BrCl3N4O2S/c1-2-9-30-20(4-3-10-32-19-8-6-14(24)11-16(19)23)28-29-22(30)33-13-21(31)27-18-7-5-15(25)12-17(18)26/h2,5-8,11-12H,1,3-4,9-10,13H2,(H,27,31). The fourth-order valence-corrected chi connectivity index (χ4v) is 4.85. The van der Waals surface area contributed by atoms with Gasteiger partial charge in [-0.2, -0.15) is 0 Å². The van der Waals surface area contributed by atoms with Crippen LogP contribution in [0.25, 0.3) is 0 Å². The van der Waals surface area contributed by atoms with Crippen molar-refractivity contribution in [2.24, 2.45) is 0 Å². The molecule has 0 fully saturated rings. The summed E-state index contributed by atoms with van der Waals surface area (Å²) in [6.45, 7) is 4.86. The normalized spacial score (nSPS) is 10.8. The molecule has 3 rings (SSSR count). The Bertz CT molecular complexity index is 1140. The number of halogens is 4.